The number of aromatic nitrogens is 2. The normalized spacial score (nSPS) is 22.5. The van der Waals surface area contributed by atoms with E-state index in [-0.39, 0.29) is 0 Å². The Kier molecular flexibility index (Phi) is 5.76. The molecule has 1 saturated carbocycles. The van der Waals surface area contributed by atoms with Gasteiger partial charge in [0.2, 0.25) is 5.95 Å². The SMILES string of the molecule is CCNc1ncc(Br)c(NC2CCC(SCC)C2)n1. The molecule has 0 saturated heterocycles. The second kappa shape index (κ2) is 7.33. The molecule has 2 unspecified atom stereocenters. The van der Waals surface area contributed by atoms with E-state index in [1.165, 1.54) is 25.0 Å². The quantitative estimate of drug-likeness (QED) is 0.822. The first kappa shape index (κ1) is 14.9. The average Bonchev–Trinajstić information content (AvgIpc) is 2.82. The molecule has 1 heterocycles. The standard InChI is InChI=1S/C13H21BrN4S/c1-3-15-13-16-8-11(14)12(18-13)17-9-5-6-10(7-9)19-4-2/h8-10H,3-7H2,1-2H3,(H2,15,16,17,18). The summed E-state index contributed by atoms with van der Waals surface area (Å²) in [6.45, 7) is 5.11. The van der Waals surface area contributed by atoms with Crippen molar-refractivity contribution in [1.82, 2.24) is 9.97 Å². The molecule has 1 aromatic rings. The molecule has 0 bridgehead atoms. The van der Waals surface area contributed by atoms with E-state index in [4.69, 9.17) is 0 Å². The molecule has 19 heavy (non-hydrogen) atoms. The third-order valence-electron chi connectivity index (χ3n) is 3.21. The predicted molar refractivity (Wildman–Crippen MR) is 87.1 cm³/mol. The molecular weight excluding hydrogens is 324 g/mol. The Hall–Kier alpha value is -0.490. The van der Waals surface area contributed by atoms with Gasteiger partial charge < -0.3 is 10.6 Å². The summed E-state index contributed by atoms with van der Waals surface area (Å²) in [7, 11) is 0. The summed E-state index contributed by atoms with van der Waals surface area (Å²) in [5.41, 5.74) is 0. The van der Waals surface area contributed by atoms with E-state index >= 15 is 0 Å². The molecule has 0 radical (unpaired) electrons. The van der Waals surface area contributed by atoms with Gasteiger partial charge in [0.25, 0.3) is 0 Å². The van der Waals surface area contributed by atoms with Crippen molar-refractivity contribution in [3.63, 3.8) is 0 Å². The molecule has 1 aliphatic rings. The van der Waals surface area contributed by atoms with Gasteiger partial charge in [0.05, 0.1) is 4.47 Å². The summed E-state index contributed by atoms with van der Waals surface area (Å²) in [4.78, 5) is 8.74. The molecule has 2 rings (SSSR count). The van der Waals surface area contributed by atoms with Crippen molar-refractivity contribution in [3.8, 4) is 0 Å². The van der Waals surface area contributed by atoms with Gasteiger partial charge in [0.1, 0.15) is 5.82 Å². The van der Waals surface area contributed by atoms with Gasteiger partial charge in [0.15, 0.2) is 0 Å². The highest BCUT2D eigenvalue weighted by molar-refractivity contribution is 9.10. The monoisotopic (exact) mass is 344 g/mol. The van der Waals surface area contributed by atoms with Crippen LogP contribution in [0.15, 0.2) is 10.7 Å². The second-order valence-corrected chi connectivity index (χ2v) is 7.08. The van der Waals surface area contributed by atoms with E-state index in [1.807, 2.05) is 6.92 Å². The van der Waals surface area contributed by atoms with Crippen molar-refractivity contribution < 1.29 is 0 Å². The van der Waals surface area contributed by atoms with E-state index in [0.29, 0.717) is 12.0 Å². The van der Waals surface area contributed by atoms with Crippen molar-refractivity contribution in [2.75, 3.05) is 22.9 Å². The number of nitrogens with one attached hydrogen (secondary N) is 2. The number of nitrogens with zero attached hydrogens (tertiary/aromatic N) is 2. The van der Waals surface area contributed by atoms with Crippen LogP contribution in [0, 0.1) is 0 Å². The first-order valence-corrected chi connectivity index (χ1v) is 8.71. The average molecular weight is 345 g/mol. The highest BCUT2D eigenvalue weighted by Gasteiger charge is 2.25. The molecule has 2 atom stereocenters. The van der Waals surface area contributed by atoms with Gasteiger partial charge in [-0.2, -0.15) is 16.7 Å². The van der Waals surface area contributed by atoms with Gasteiger partial charge in [-0.25, -0.2) is 4.98 Å². The fourth-order valence-corrected chi connectivity index (χ4v) is 3.81. The summed E-state index contributed by atoms with van der Waals surface area (Å²) in [5, 5.41) is 7.49. The molecule has 1 aliphatic carbocycles. The Balaban J connectivity index is 1.97. The number of rotatable bonds is 6. The van der Waals surface area contributed by atoms with E-state index < -0.39 is 0 Å². The van der Waals surface area contributed by atoms with Gasteiger partial charge in [-0.3, -0.25) is 0 Å². The van der Waals surface area contributed by atoms with Crippen LogP contribution in [-0.2, 0) is 0 Å². The Morgan fingerprint density at radius 1 is 1.42 bits per heavy atom. The highest BCUT2D eigenvalue weighted by Crippen LogP contribution is 2.32. The van der Waals surface area contributed by atoms with Crippen LogP contribution in [0.25, 0.3) is 0 Å². The molecule has 0 aliphatic heterocycles. The topological polar surface area (TPSA) is 49.8 Å². The number of thioether (sulfide) groups is 1. The number of hydrogen-bond acceptors (Lipinski definition) is 5. The van der Waals surface area contributed by atoms with Crippen molar-refractivity contribution >= 4 is 39.5 Å². The molecule has 1 aromatic heterocycles. The smallest absolute Gasteiger partial charge is 0.224 e. The molecule has 2 N–H and O–H groups in total. The van der Waals surface area contributed by atoms with Crippen LogP contribution in [0.3, 0.4) is 0 Å². The predicted octanol–water partition coefficient (Wildman–Crippen LogP) is 3.76. The summed E-state index contributed by atoms with van der Waals surface area (Å²) in [6, 6.07) is 0.532. The zero-order chi connectivity index (χ0) is 13.7. The fourth-order valence-electron chi connectivity index (χ4n) is 2.36. The lowest BCUT2D eigenvalue weighted by Crippen LogP contribution is -2.18. The first-order valence-electron chi connectivity index (χ1n) is 6.87. The van der Waals surface area contributed by atoms with Crippen LogP contribution in [0.5, 0.6) is 0 Å². The second-order valence-electron chi connectivity index (χ2n) is 4.65. The van der Waals surface area contributed by atoms with Crippen LogP contribution in [0.2, 0.25) is 0 Å². The number of anilines is 2. The largest absolute Gasteiger partial charge is 0.366 e. The van der Waals surface area contributed by atoms with Crippen molar-refractivity contribution in [3.05, 3.63) is 10.7 Å². The molecular formula is C13H21BrN4S. The third kappa shape index (κ3) is 4.24. The molecule has 1 fully saturated rings. The van der Waals surface area contributed by atoms with E-state index in [0.717, 1.165) is 22.1 Å². The van der Waals surface area contributed by atoms with E-state index in [2.05, 4.69) is 55.2 Å². The lowest BCUT2D eigenvalue weighted by Gasteiger charge is -2.15. The third-order valence-corrected chi connectivity index (χ3v) is 5.02. The molecule has 6 heteroatoms. The first-order chi connectivity index (χ1) is 9.22. The van der Waals surface area contributed by atoms with Gasteiger partial charge in [-0.05, 0) is 47.9 Å². The highest BCUT2D eigenvalue weighted by atomic mass is 79.9. The van der Waals surface area contributed by atoms with Crippen LogP contribution in [-0.4, -0.2) is 33.6 Å². The molecule has 0 spiro atoms. The van der Waals surface area contributed by atoms with Crippen LogP contribution < -0.4 is 10.6 Å². The Morgan fingerprint density at radius 2 is 2.26 bits per heavy atom. The molecule has 106 valence electrons. The maximum atomic E-state index is 4.51. The van der Waals surface area contributed by atoms with Crippen molar-refractivity contribution in [1.29, 1.82) is 0 Å². The summed E-state index contributed by atoms with van der Waals surface area (Å²) < 4.78 is 0.931. The van der Waals surface area contributed by atoms with Crippen molar-refractivity contribution in [2.45, 2.75) is 44.4 Å². The van der Waals surface area contributed by atoms with E-state index in [1.54, 1.807) is 6.20 Å². The van der Waals surface area contributed by atoms with E-state index in [9.17, 15) is 0 Å². The van der Waals surface area contributed by atoms with Gasteiger partial charge >= 0.3 is 0 Å². The fraction of sp³-hybridized carbons (Fsp3) is 0.692. The van der Waals surface area contributed by atoms with Crippen LogP contribution >= 0.6 is 27.7 Å². The molecule has 0 amide bonds. The zero-order valence-corrected chi connectivity index (χ0v) is 13.9. The van der Waals surface area contributed by atoms with Crippen molar-refractivity contribution in [2.24, 2.45) is 0 Å². The van der Waals surface area contributed by atoms with Crippen LogP contribution in [0.4, 0.5) is 11.8 Å². The summed E-state index contributed by atoms with van der Waals surface area (Å²) in [6.07, 6.45) is 5.57. The molecule has 4 nitrogen and oxygen atoms in total. The van der Waals surface area contributed by atoms with Gasteiger partial charge in [-0.1, -0.05) is 6.92 Å². The maximum Gasteiger partial charge on any atom is 0.224 e. The molecule has 0 aromatic carbocycles. The maximum absolute atomic E-state index is 4.51. The number of hydrogen-bond donors (Lipinski definition) is 2. The Labute approximate surface area is 127 Å². The minimum absolute atomic E-state index is 0.532. The lowest BCUT2D eigenvalue weighted by molar-refractivity contribution is 0.750. The number of halogens is 1. The minimum atomic E-state index is 0.532. The minimum Gasteiger partial charge on any atom is -0.366 e. The zero-order valence-electron chi connectivity index (χ0n) is 11.4. The Bertz CT molecular complexity index is 416. The van der Waals surface area contributed by atoms with Crippen LogP contribution in [0.1, 0.15) is 33.1 Å². The van der Waals surface area contributed by atoms with Gasteiger partial charge in [-0.15, -0.1) is 0 Å². The summed E-state index contributed by atoms with van der Waals surface area (Å²) >= 11 is 5.59. The van der Waals surface area contributed by atoms with Gasteiger partial charge in [0, 0.05) is 24.0 Å². The summed E-state index contributed by atoms with van der Waals surface area (Å²) in [5.74, 6) is 2.79. The Morgan fingerprint density at radius 3 is 3.00 bits per heavy atom. The lowest BCUT2D eigenvalue weighted by atomic mass is 10.2.